The van der Waals surface area contributed by atoms with Crippen molar-refractivity contribution in [1.29, 1.82) is 0 Å². The number of nitrogens with zero attached hydrogens (tertiary/aromatic N) is 3. The zero-order valence-corrected chi connectivity index (χ0v) is 59.4. The molecule has 0 saturated heterocycles. The molecule has 0 amide bonds. The maximum atomic E-state index is 2.70. The van der Waals surface area contributed by atoms with Crippen molar-refractivity contribution in [3.05, 3.63) is 363 Å². The molecule has 0 atom stereocenters. The van der Waals surface area contributed by atoms with Gasteiger partial charge in [-0.25, -0.2) is 0 Å². The summed E-state index contributed by atoms with van der Waals surface area (Å²) >= 11 is 0. The van der Waals surface area contributed by atoms with E-state index in [1.54, 1.807) is 0 Å². The lowest BCUT2D eigenvalue weighted by Crippen LogP contribution is -2.61. The van der Waals surface area contributed by atoms with Crippen molar-refractivity contribution < 1.29 is 0 Å². The summed E-state index contributed by atoms with van der Waals surface area (Å²) in [5, 5.41) is 7.31. The van der Waals surface area contributed by atoms with Crippen LogP contribution in [0.3, 0.4) is 0 Å². The van der Waals surface area contributed by atoms with E-state index in [4.69, 9.17) is 0 Å². The van der Waals surface area contributed by atoms with Crippen LogP contribution in [0.15, 0.2) is 352 Å². The summed E-state index contributed by atoms with van der Waals surface area (Å²) < 4.78 is 2.49. The zero-order valence-electron chi connectivity index (χ0n) is 59.4. The van der Waals surface area contributed by atoms with Crippen molar-refractivity contribution >= 4 is 101 Å². The van der Waals surface area contributed by atoms with E-state index in [2.05, 4.69) is 408 Å². The molecule has 2 aliphatic rings. The minimum absolute atomic E-state index is 0.180. The van der Waals surface area contributed by atoms with Crippen LogP contribution in [0.2, 0.25) is 0 Å². The molecular formula is C100H76BN3. The Bertz CT molecular complexity index is 5990. The summed E-state index contributed by atoms with van der Waals surface area (Å²) in [6.07, 6.45) is 0. The van der Waals surface area contributed by atoms with E-state index >= 15 is 0 Å². The number of hydrogen-bond acceptors (Lipinski definition) is 2. The molecular weight excluding hydrogens is 1250 g/mol. The summed E-state index contributed by atoms with van der Waals surface area (Å²) in [4.78, 5) is 5.39. The van der Waals surface area contributed by atoms with Crippen LogP contribution in [0.25, 0.3) is 127 Å². The molecule has 0 fully saturated rings. The molecule has 0 aliphatic carbocycles. The van der Waals surface area contributed by atoms with Crippen LogP contribution in [-0.4, -0.2) is 11.3 Å². The molecule has 0 radical (unpaired) electrons. The van der Waals surface area contributed by atoms with E-state index in [1.807, 2.05) is 0 Å². The molecule has 2 aliphatic heterocycles. The Morgan fingerprint density at radius 2 is 0.558 bits per heavy atom. The van der Waals surface area contributed by atoms with Crippen LogP contribution in [-0.2, 0) is 10.8 Å². The number of anilines is 6. The third-order valence-corrected chi connectivity index (χ3v) is 22.1. The number of hydrogen-bond donors (Lipinski definition) is 0. The molecule has 104 heavy (non-hydrogen) atoms. The Labute approximate surface area is 610 Å². The molecule has 4 heteroatoms. The van der Waals surface area contributed by atoms with Gasteiger partial charge < -0.3 is 14.4 Å². The van der Waals surface area contributed by atoms with Gasteiger partial charge in [0, 0.05) is 61.5 Å². The third kappa shape index (κ3) is 10.3. The lowest BCUT2D eigenvalue weighted by molar-refractivity contribution is 0.590. The second kappa shape index (κ2) is 24.6. The van der Waals surface area contributed by atoms with Crippen LogP contribution in [0.1, 0.15) is 52.7 Å². The fourth-order valence-electron chi connectivity index (χ4n) is 17.1. The highest BCUT2D eigenvalue weighted by molar-refractivity contribution is 7.00. The number of aromatic nitrogens is 1. The van der Waals surface area contributed by atoms with Crippen molar-refractivity contribution in [1.82, 2.24) is 4.57 Å². The van der Waals surface area contributed by atoms with Crippen molar-refractivity contribution in [3.63, 3.8) is 0 Å². The summed E-state index contributed by atoms with van der Waals surface area (Å²) in [6.45, 7) is 13.9. The maximum absolute atomic E-state index is 2.70. The minimum Gasteiger partial charge on any atom is -0.310 e. The van der Waals surface area contributed by atoms with E-state index < -0.39 is 0 Å². The molecule has 0 bridgehead atoms. The van der Waals surface area contributed by atoms with Gasteiger partial charge in [0.25, 0.3) is 6.71 Å². The molecule has 0 N–H and O–H groups in total. The Kier molecular flexibility index (Phi) is 14.8. The largest absolute Gasteiger partial charge is 0.310 e. The summed E-state index contributed by atoms with van der Waals surface area (Å²) in [5.74, 6) is 0. The summed E-state index contributed by atoms with van der Waals surface area (Å²) in [7, 11) is 0. The molecule has 16 aromatic carbocycles. The zero-order chi connectivity index (χ0) is 70.0. The van der Waals surface area contributed by atoms with E-state index in [9.17, 15) is 0 Å². The lowest BCUT2D eigenvalue weighted by atomic mass is 9.33. The average Bonchev–Trinajstić information content (AvgIpc) is 0.770. The second-order valence-corrected chi connectivity index (χ2v) is 30.3. The van der Waals surface area contributed by atoms with Gasteiger partial charge in [-0.15, -0.1) is 0 Å². The van der Waals surface area contributed by atoms with Gasteiger partial charge in [-0.1, -0.05) is 327 Å². The standard InChI is InChI=1S/C100H76BN3/c1-99(2,3)73-60-82(67-33-14-8-15-34-67)97(83(61-73)68-35-16-9-17-36-68)103-90-49-30-50-91-96(90)101(86-57-55-72(59-92(86)103)95-80-45-24-22-43-78(80)94(79-44-23-25-46-81(79)95)71-53-51-66(52-54-71)65-31-12-7-13-32-65)87-58-56-75(102-88-47-28-26-41-76(88)77-42-27-29-48-89(77)102)64-93(87)104(91)98-84(69-37-18-10-19-38-69)62-74(100(4,5)6)63-85(98)70-39-20-11-21-40-70/h7-64H,1-6H3. The second-order valence-electron chi connectivity index (χ2n) is 30.3. The fraction of sp³-hybridized carbons (Fsp3) is 0.0800. The van der Waals surface area contributed by atoms with Gasteiger partial charge in [-0.3, -0.25) is 0 Å². The molecule has 0 spiro atoms. The number of rotatable bonds is 10. The van der Waals surface area contributed by atoms with Gasteiger partial charge in [0.1, 0.15) is 0 Å². The molecule has 0 saturated carbocycles. The topological polar surface area (TPSA) is 11.4 Å². The highest BCUT2D eigenvalue weighted by Gasteiger charge is 2.46. The predicted octanol–water partition coefficient (Wildman–Crippen LogP) is 25.4. The third-order valence-electron chi connectivity index (χ3n) is 22.1. The van der Waals surface area contributed by atoms with Crippen molar-refractivity contribution in [2.45, 2.75) is 52.4 Å². The molecule has 494 valence electrons. The Balaban J connectivity index is 0.947. The molecule has 3 nitrogen and oxygen atoms in total. The Morgan fingerprint density at radius 3 is 0.962 bits per heavy atom. The van der Waals surface area contributed by atoms with Crippen LogP contribution in [0.5, 0.6) is 0 Å². The van der Waals surface area contributed by atoms with Crippen LogP contribution in [0, 0.1) is 0 Å². The van der Waals surface area contributed by atoms with E-state index in [0.717, 1.165) is 67.6 Å². The number of fused-ring (bicyclic) bond motifs is 9. The molecule has 19 rings (SSSR count). The maximum Gasteiger partial charge on any atom is 0.252 e. The van der Waals surface area contributed by atoms with Gasteiger partial charge in [0.05, 0.1) is 22.4 Å². The Hall–Kier alpha value is -12.5. The number of benzene rings is 16. The molecule has 3 heterocycles. The predicted molar refractivity (Wildman–Crippen MR) is 445 cm³/mol. The first-order valence-electron chi connectivity index (χ1n) is 36.6. The SMILES string of the molecule is CC(C)(C)c1cc(-c2ccccc2)c(N2c3cc(-c4c5ccccc5c(-c5ccc(-c6ccccc6)cc5)c5ccccc45)ccc3B3c4ccc(-n5c6ccccc6c6ccccc65)cc4N(c4c(-c5ccccc5)cc(C(C)(C)C)cc4-c4ccccc4)c4cccc2c43)c(-c2ccccc2)c1. The van der Waals surface area contributed by atoms with Gasteiger partial charge in [0.2, 0.25) is 0 Å². The first-order valence-corrected chi connectivity index (χ1v) is 36.6. The summed E-state index contributed by atoms with van der Waals surface area (Å²) in [6, 6.07) is 133. The molecule has 0 unspecified atom stereocenters. The first kappa shape index (κ1) is 62.5. The van der Waals surface area contributed by atoms with Gasteiger partial charge in [-0.05, 0) is 182 Å². The van der Waals surface area contributed by atoms with E-state index in [1.165, 1.54) is 121 Å². The minimum atomic E-state index is -0.224. The molecule has 17 aromatic rings. The smallest absolute Gasteiger partial charge is 0.252 e. The monoisotopic (exact) mass is 1330 g/mol. The van der Waals surface area contributed by atoms with Crippen LogP contribution < -0.4 is 26.2 Å². The quantitative estimate of drug-likeness (QED) is 0.0999. The van der Waals surface area contributed by atoms with E-state index in [0.29, 0.717) is 0 Å². The Morgan fingerprint density at radius 1 is 0.240 bits per heavy atom. The fourth-order valence-corrected chi connectivity index (χ4v) is 17.1. The highest BCUT2D eigenvalue weighted by atomic mass is 15.2. The van der Waals surface area contributed by atoms with Crippen LogP contribution in [0.4, 0.5) is 34.1 Å². The van der Waals surface area contributed by atoms with Gasteiger partial charge >= 0.3 is 0 Å². The van der Waals surface area contributed by atoms with Crippen LogP contribution >= 0.6 is 0 Å². The van der Waals surface area contributed by atoms with Crippen molar-refractivity contribution in [2.75, 3.05) is 9.80 Å². The summed E-state index contributed by atoms with van der Waals surface area (Å²) in [5.41, 5.74) is 32.6. The highest BCUT2D eigenvalue weighted by Crippen LogP contribution is 2.56. The molecule has 1 aromatic heterocycles. The van der Waals surface area contributed by atoms with E-state index in [-0.39, 0.29) is 17.5 Å². The van der Waals surface area contributed by atoms with Crippen molar-refractivity contribution in [3.8, 4) is 83.6 Å². The van der Waals surface area contributed by atoms with Gasteiger partial charge in [-0.2, -0.15) is 0 Å². The average molecular weight is 1330 g/mol. The van der Waals surface area contributed by atoms with Gasteiger partial charge in [0.15, 0.2) is 0 Å². The first-order chi connectivity index (χ1) is 50.9. The van der Waals surface area contributed by atoms with Crippen molar-refractivity contribution in [2.24, 2.45) is 0 Å². The normalized spacial score (nSPS) is 12.7. The number of para-hydroxylation sites is 2. The lowest BCUT2D eigenvalue weighted by Gasteiger charge is -2.46.